The maximum Gasteiger partial charge on any atom is 0.306 e. The molecule has 1 rings (SSSR count). The van der Waals surface area contributed by atoms with Gasteiger partial charge in [-0.15, -0.1) is 0 Å². The van der Waals surface area contributed by atoms with E-state index in [1.54, 1.807) is 6.07 Å². The van der Waals surface area contributed by atoms with Gasteiger partial charge in [0.15, 0.2) is 0 Å². The van der Waals surface area contributed by atoms with Crippen LogP contribution < -0.4 is 5.32 Å². The van der Waals surface area contributed by atoms with Crippen molar-refractivity contribution in [3.05, 3.63) is 30.1 Å². The molecule has 16 heavy (non-hydrogen) atoms. The van der Waals surface area contributed by atoms with Crippen LogP contribution in [-0.4, -0.2) is 28.3 Å². The van der Waals surface area contributed by atoms with E-state index in [0.29, 0.717) is 5.69 Å². The average Bonchev–Trinajstić information content (AvgIpc) is 2.13. The highest BCUT2D eigenvalue weighted by Gasteiger charge is 2.23. The Morgan fingerprint density at radius 3 is 2.81 bits per heavy atom. The van der Waals surface area contributed by atoms with Gasteiger partial charge in [-0.2, -0.15) is 0 Å². The summed E-state index contributed by atoms with van der Waals surface area (Å²) in [6, 6.07) is 5.75. The van der Waals surface area contributed by atoms with Gasteiger partial charge in [0.05, 0.1) is 12.0 Å². The number of carboxylic acid groups (broad SMARTS) is 1. The summed E-state index contributed by atoms with van der Waals surface area (Å²) >= 11 is 0. The second kappa shape index (κ2) is 4.94. The smallest absolute Gasteiger partial charge is 0.306 e. The Balaban J connectivity index is 2.54. The van der Waals surface area contributed by atoms with Gasteiger partial charge in [0.1, 0.15) is 5.82 Å². The van der Waals surface area contributed by atoms with Crippen LogP contribution in [0.3, 0.4) is 0 Å². The predicted molar refractivity (Wildman–Crippen MR) is 57.8 cm³/mol. The monoisotopic (exact) mass is 227 g/mol. The van der Waals surface area contributed by atoms with Crippen LogP contribution in [0.4, 0.5) is 10.1 Å². The molecule has 0 amide bonds. The van der Waals surface area contributed by atoms with Crippen molar-refractivity contribution in [1.82, 2.24) is 0 Å². The number of halogens is 1. The van der Waals surface area contributed by atoms with Gasteiger partial charge in [-0.25, -0.2) is 4.39 Å². The van der Waals surface area contributed by atoms with Crippen molar-refractivity contribution < 1.29 is 19.4 Å². The molecule has 5 heteroatoms. The van der Waals surface area contributed by atoms with Crippen LogP contribution in [0.1, 0.15) is 13.3 Å². The molecular weight excluding hydrogens is 213 g/mol. The first-order chi connectivity index (χ1) is 7.39. The summed E-state index contributed by atoms with van der Waals surface area (Å²) < 4.78 is 12.8. The maximum absolute atomic E-state index is 12.8. The van der Waals surface area contributed by atoms with Crippen molar-refractivity contribution in [2.75, 3.05) is 11.9 Å². The topological polar surface area (TPSA) is 69.6 Å². The number of hydrogen-bond acceptors (Lipinski definition) is 3. The van der Waals surface area contributed by atoms with Crippen LogP contribution in [0.2, 0.25) is 0 Å². The van der Waals surface area contributed by atoms with Gasteiger partial charge in [0.25, 0.3) is 0 Å². The molecule has 0 heterocycles. The highest BCUT2D eigenvalue weighted by atomic mass is 19.1. The first-order valence-electron chi connectivity index (χ1n) is 4.83. The van der Waals surface area contributed by atoms with Crippen molar-refractivity contribution in [2.24, 2.45) is 0 Å². The molecule has 1 aromatic carbocycles. The van der Waals surface area contributed by atoms with E-state index in [2.05, 4.69) is 5.32 Å². The zero-order valence-electron chi connectivity index (χ0n) is 8.90. The summed E-state index contributed by atoms with van der Waals surface area (Å²) in [5, 5.41) is 21.0. The summed E-state index contributed by atoms with van der Waals surface area (Å²) in [5.74, 6) is -1.46. The highest BCUT2D eigenvalue weighted by Crippen LogP contribution is 2.13. The third kappa shape index (κ3) is 4.27. The summed E-state index contributed by atoms with van der Waals surface area (Å²) in [7, 11) is 0. The Kier molecular flexibility index (Phi) is 3.84. The third-order valence-electron chi connectivity index (χ3n) is 2.03. The van der Waals surface area contributed by atoms with Gasteiger partial charge < -0.3 is 15.5 Å². The van der Waals surface area contributed by atoms with Crippen LogP contribution in [0, 0.1) is 5.82 Å². The molecule has 0 radical (unpaired) electrons. The number of rotatable bonds is 5. The Hall–Kier alpha value is -1.62. The van der Waals surface area contributed by atoms with Crippen molar-refractivity contribution in [3.8, 4) is 0 Å². The third-order valence-corrected chi connectivity index (χ3v) is 2.03. The molecule has 0 fully saturated rings. The lowest BCUT2D eigenvalue weighted by Crippen LogP contribution is -2.35. The molecule has 0 aromatic heterocycles. The molecule has 4 nitrogen and oxygen atoms in total. The van der Waals surface area contributed by atoms with Crippen molar-refractivity contribution >= 4 is 11.7 Å². The van der Waals surface area contributed by atoms with Gasteiger partial charge in [0, 0.05) is 12.2 Å². The fourth-order valence-corrected chi connectivity index (χ4v) is 1.28. The van der Waals surface area contributed by atoms with Crippen LogP contribution in [-0.2, 0) is 4.79 Å². The predicted octanol–water partition coefficient (Wildman–Crippen LogP) is 1.46. The van der Waals surface area contributed by atoms with Gasteiger partial charge in [0.2, 0.25) is 0 Å². The molecule has 0 aliphatic carbocycles. The van der Waals surface area contributed by atoms with Crippen molar-refractivity contribution in [2.45, 2.75) is 18.9 Å². The molecular formula is C11H14FNO3. The lowest BCUT2D eigenvalue weighted by Gasteiger charge is -2.22. The Morgan fingerprint density at radius 2 is 2.25 bits per heavy atom. The summed E-state index contributed by atoms with van der Waals surface area (Å²) in [6.07, 6.45) is -0.366. The van der Waals surface area contributed by atoms with Gasteiger partial charge >= 0.3 is 5.97 Å². The van der Waals surface area contributed by atoms with Crippen LogP contribution in [0.15, 0.2) is 24.3 Å². The lowest BCUT2D eigenvalue weighted by atomic mass is 10.0. The molecule has 1 atom stereocenters. The first-order valence-corrected chi connectivity index (χ1v) is 4.83. The summed E-state index contributed by atoms with van der Waals surface area (Å²) in [6.45, 7) is 1.45. The molecule has 3 N–H and O–H groups in total. The second-order valence-corrected chi connectivity index (χ2v) is 3.93. The van der Waals surface area contributed by atoms with E-state index in [4.69, 9.17) is 5.11 Å². The minimum absolute atomic E-state index is 0.0444. The molecule has 1 unspecified atom stereocenters. The number of anilines is 1. The number of hydrogen-bond donors (Lipinski definition) is 3. The maximum atomic E-state index is 12.8. The minimum Gasteiger partial charge on any atom is -0.481 e. The van der Waals surface area contributed by atoms with Gasteiger partial charge in [-0.1, -0.05) is 6.07 Å². The number of nitrogens with one attached hydrogen (secondary N) is 1. The Morgan fingerprint density at radius 1 is 1.56 bits per heavy atom. The van der Waals surface area contributed by atoms with E-state index in [-0.39, 0.29) is 18.8 Å². The minimum atomic E-state index is -1.36. The van der Waals surface area contributed by atoms with E-state index >= 15 is 0 Å². The fraction of sp³-hybridized carbons (Fsp3) is 0.364. The van der Waals surface area contributed by atoms with Gasteiger partial charge in [-0.05, 0) is 25.1 Å². The van der Waals surface area contributed by atoms with E-state index in [0.717, 1.165) is 0 Å². The molecule has 0 aliphatic rings. The summed E-state index contributed by atoms with van der Waals surface area (Å²) in [5.41, 5.74) is -0.858. The lowest BCUT2D eigenvalue weighted by molar-refractivity contribution is -0.141. The van der Waals surface area contributed by atoms with E-state index in [9.17, 15) is 14.3 Å². The van der Waals surface area contributed by atoms with Crippen LogP contribution >= 0.6 is 0 Å². The Labute approximate surface area is 92.7 Å². The molecule has 0 bridgehead atoms. The quantitative estimate of drug-likeness (QED) is 0.712. The largest absolute Gasteiger partial charge is 0.481 e. The van der Waals surface area contributed by atoms with Crippen LogP contribution in [0.5, 0.6) is 0 Å². The number of aliphatic carboxylic acids is 1. The van der Waals surface area contributed by atoms with E-state index in [1.807, 2.05) is 0 Å². The number of aliphatic hydroxyl groups is 1. The highest BCUT2D eigenvalue weighted by molar-refractivity contribution is 5.68. The number of carbonyl (C=O) groups is 1. The normalized spacial score (nSPS) is 14.2. The average molecular weight is 227 g/mol. The molecule has 1 aromatic rings. The van der Waals surface area contributed by atoms with Crippen molar-refractivity contribution in [3.63, 3.8) is 0 Å². The van der Waals surface area contributed by atoms with E-state index < -0.39 is 11.6 Å². The van der Waals surface area contributed by atoms with Crippen LogP contribution in [0.25, 0.3) is 0 Å². The first kappa shape index (κ1) is 12.4. The fourth-order valence-electron chi connectivity index (χ4n) is 1.28. The molecule has 0 saturated heterocycles. The molecule has 0 saturated carbocycles. The van der Waals surface area contributed by atoms with Crippen molar-refractivity contribution in [1.29, 1.82) is 0 Å². The summed E-state index contributed by atoms with van der Waals surface area (Å²) in [4.78, 5) is 10.4. The number of carboxylic acids is 1. The SMILES string of the molecule is CC(O)(CNc1cccc(F)c1)CC(=O)O. The molecule has 88 valence electrons. The Bertz CT molecular complexity index is 379. The standard InChI is InChI=1S/C11H14FNO3/c1-11(16,6-10(14)15)7-13-9-4-2-3-8(12)5-9/h2-5,13,16H,6-7H2,1H3,(H,14,15). The second-order valence-electron chi connectivity index (χ2n) is 3.93. The van der Waals surface area contributed by atoms with Gasteiger partial charge in [-0.3, -0.25) is 4.79 Å². The van der Waals surface area contributed by atoms with E-state index in [1.165, 1.54) is 25.1 Å². The number of benzene rings is 1. The zero-order chi connectivity index (χ0) is 12.2. The molecule has 0 aliphatic heterocycles. The molecule has 0 spiro atoms. The zero-order valence-corrected chi connectivity index (χ0v) is 8.90.